The Morgan fingerprint density at radius 2 is 1.31 bits per heavy atom. The Morgan fingerprint density at radius 3 is 1.81 bits per heavy atom. The van der Waals surface area contributed by atoms with Gasteiger partial charge in [-0.15, -0.1) is 0 Å². The minimum atomic E-state index is -5.66. The van der Waals surface area contributed by atoms with Crippen molar-refractivity contribution in [1.29, 1.82) is 0 Å². The average molecular weight is 1610 g/mol. The number of carboxylic acids is 2. The fourth-order valence-corrected chi connectivity index (χ4v) is 13.6. The molecule has 0 radical (unpaired) electrons. The molecule has 2 unspecified atom stereocenters. The van der Waals surface area contributed by atoms with E-state index in [4.69, 9.17) is 14.0 Å². The van der Waals surface area contributed by atoms with Gasteiger partial charge in [0.15, 0.2) is 0 Å². The second kappa shape index (κ2) is 35.7. The predicted molar refractivity (Wildman–Crippen MR) is 373 cm³/mol. The normalized spacial score (nSPS) is 17.0. The lowest BCUT2D eigenvalue weighted by atomic mass is 9.77. The molecule has 5 heterocycles. The minimum absolute atomic E-state index is 0.0538. The number of amides is 5. The van der Waals surface area contributed by atoms with Crippen molar-refractivity contribution in [1.82, 2.24) is 56.4 Å². The summed E-state index contributed by atoms with van der Waals surface area (Å²) in [5.74, 6) is -6.95. The number of anilines is 1. The summed E-state index contributed by atoms with van der Waals surface area (Å²) in [4.78, 5) is 143. The smallest absolute Gasteiger partial charge is 0.481 e. The summed E-state index contributed by atoms with van der Waals surface area (Å²) in [5, 5.41) is 31.3. The highest BCUT2D eigenvalue weighted by atomic mass is 31.2. The first-order valence-corrected chi connectivity index (χ1v) is 36.1. The standard InChI is InChI=1S/C71H83F10N12O18P/c1-37-22-42(27-54(94)84-50(62(100)101)18-19-55(95)96)57(52(23-37)111-112(104,105)106)67(2,3)28-56(97)110-53(34-91(89-61(99)59(87-66(103)108-9)69(6,7)71(79,80)81)33-46-47(72)25-41(26-48(46)73)49-20-21-92(88-49)63(74)75)51(85-60(98)58(86-65(102)107-8)68(4,5)70(76,77)78)24-39-13-10-38(11-14-39)12-15-40-29-82-64(83-30-40)90-31-43-16-17-44(32-90)93(43)45-35-109-36-45/h10-11,13-14,20-23,25-26,29-30,43-45,50-51,53,58-59,63H,16-19,24,27-28,31-36H2,1-9H3,(H,84,94)(H,85,98)(H,86,102)(H,87,103)(H,89,99)(H,95,96)(H,100,101)(H2,104,105,106)/t43?,44?,50-,51+,53+,58-,59-/m1/s1. The van der Waals surface area contributed by atoms with Crippen LogP contribution in [0.1, 0.15) is 119 Å². The van der Waals surface area contributed by atoms with Gasteiger partial charge in [-0.1, -0.05) is 43.9 Å². The number of carboxylic acid groups (broad SMARTS) is 2. The summed E-state index contributed by atoms with van der Waals surface area (Å²) in [5.41, 5.74) is -8.48. The number of nitrogens with one attached hydrogen (secondary N) is 5. The fraction of sp³-hybridized carbons (Fsp3) is 0.507. The highest BCUT2D eigenvalue weighted by molar-refractivity contribution is 7.46. The number of alkyl carbamates (subject to hydrolysis) is 2. The number of methoxy groups -OCH3 is 2. The topological polar surface area (TPSA) is 394 Å². The number of aromatic nitrogens is 4. The van der Waals surface area contributed by atoms with Crippen molar-refractivity contribution in [3.05, 3.63) is 124 Å². The molecule has 3 aliphatic rings. The van der Waals surface area contributed by atoms with Gasteiger partial charge in [-0.2, -0.15) is 40.2 Å². The fourth-order valence-electron chi connectivity index (χ4n) is 13.2. The number of esters is 1. The van der Waals surface area contributed by atoms with Crippen LogP contribution < -0.4 is 36.1 Å². The van der Waals surface area contributed by atoms with Crippen LogP contribution in [0.3, 0.4) is 0 Å². The SMILES string of the molecule is COC(=O)N[C@H](C(=O)N[C@@H](Cc1ccc(C#Cc2cnc(N3CC4CCC(C3)N4C3COC3)nc2)cc1)[C@H](CN(Cc1c(F)cc(-c2ccn(C(F)F)n2)cc1F)NC(=O)[C@@H](NC(=O)OC)C(C)(C)C(F)(F)F)OC(=O)CC(C)(C)c1c(CC(=O)N[C@H](CCC(=O)O)C(=O)O)cc(C)cc1OP(=O)(O)O)C(C)(C)C(F)(F)F. The Morgan fingerprint density at radius 1 is 0.750 bits per heavy atom. The molecule has 0 saturated carbocycles. The molecule has 7 atom stereocenters. The van der Waals surface area contributed by atoms with E-state index in [2.05, 4.69) is 56.8 Å². The molecule has 5 aromatic rings. The summed E-state index contributed by atoms with van der Waals surface area (Å²) in [6.45, 7) is 2.34. The lowest BCUT2D eigenvalue weighted by molar-refractivity contribution is -0.221. The molecule has 3 aromatic carbocycles. The number of hydrogen-bond donors (Lipinski definition) is 9. The van der Waals surface area contributed by atoms with E-state index < -0.39 is 206 Å². The molecule has 610 valence electrons. The third-order valence-electron chi connectivity index (χ3n) is 19.3. The molecule has 2 bridgehead atoms. The van der Waals surface area contributed by atoms with E-state index in [1.807, 2.05) is 10.7 Å². The van der Waals surface area contributed by atoms with E-state index in [-0.39, 0.29) is 26.9 Å². The number of fused-ring (bicyclic) bond motifs is 2. The van der Waals surface area contributed by atoms with Crippen LogP contribution in [-0.4, -0.2) is 205 Å². The van der Waals surface area contributed by atoms with Crippen LogP contribution in [0.25, 0.3) is 11.3 Å². The lowest BCUT2D eigenvalue weighted by Gasteiger charge is -2.47. The number of hydrogen-bond acceptors (Lipinski definition) is 20. The van der Waals surface area contributed by atoms with Crippen molar-refractivity contribution in [2.45, 2.75) is 173 Å². The second-order valence-corrected chi connectivity index (χ2v) is 30.0. The molecule has 3 saturated heterocycles. The molecule has 3 aliphatic heterocycles. The van der Waals surface area contributed by atoms with Gasteiger partial charge in [0.1, 0.15) is 41.6 Å². The first-order valence-electron chi connectivity index (χ1n) is 34.5. The highest BCUT2D eigenvalue weighted by Crippen LogP contribution is 2.47. The quantitative estimate of drug-likeness (QED) is 0.00497. The maximum absolute atomic E-state index is 16.9. The monoisotopic (exact) mass is 1610 g/mol. The second-order valence-electron chi connectivity index (χ2n) is 28.8. The molecule has 30 nitrogen and oxygen atoms in total. The van der Waals surface area contributed by atoms with Gasteiger partial charge in [-0.25, -0.2) is 47.4 Å². The zero-order chi connectivity index (χ0) is 82.9. The van der Waals surface area contributed by atoms with Gasteiger partial charge < -0.3 is 59.9 Å². The van der Waals surface area contributed by atoms with Gasteiger partial charge in [0, 0.05) is 84.4 Å². The molecule has 5 amide bonds. The first-order chi connectivity index (χ1) is 52.2. The number of aliphatic carboxylic acids is 2. The minimum Gasteiger partial charge on any atom is -0.481 e. The molecular weight excluding hydrogens is 1530 g/mol. The van der Waals surface area contributed by atoms with Gasteiger partial charge in [-0.05, 0) is 113 Å². The molecule has 0 spiro atoms. The van der Waals surface area contributed by atoms with Crippen molar-refractivity contribution < 1.29 is 130 Å². The number of rotatable bonds is 32. The van der Waals surface area contributed by atoms with E-state index in [1.54, 1.807) is 5.32 Å². The zero-order valence-electron chi connectivity index (χ0n) is 61.7. The maximum atomic E-state index is 16.9. The van der Waals surface area contributed by atoms with Crippen LogP contribution in [0.15, 0.2) is 73.2 Å². The van der Waals surface area contributed by atoms with Gasteiger partial charge in [0.2, 0.25) is 17.8 Å². The van der Waals surface area contributed by atoms with Gasteiger partial charge >= 0.3 is 56.8 Å². The van der Waals surface area contributed by atoms with Crippen LogP contribution in [0.2, 0.25) is 0 Å². The highest BCUT2D eigenvalue weighted by Gasteiger charge is 2.58. The number of hydrazine groups is 1. The number of halogens is 10. The average Bonchev–Trinajstić information content (AvgIpc) is 1.22. The Hall–Kier alpha value is -10.2. The molecule has 41 heteroatoms. The molecule has 112 heavy (non-hydrogen) atoms. The first kappa shape index (κ1) is 87.4. The van der Waals surface area contributed by atoms with E-state index in [0.717, 1.165) is 38.3 Å². The largest absolute Gasteiger partial charge is 0.524 e. The molecule has 2 aromatic heterocycles. The number of phosphoric ester groups is 1. The third-order valence-corrected chi connectivity index (χ3v) is 19.8. The molecule has 3 fully saturated rings. The van der Waals surface area contributed by atoms with Crippen LogP contribution in [0.5, 0.6) is 5.75 Å². The molecule has 0 aliphatic carbocycles. The Kier molecular flexibility index (Phi) is 27.8. The van der Waals surface area contributed by atoms with Crippen molar-refractivity contribution in [3.63, 3.8) is 0 Å². The van der Waals surface area contributed by atoms with Gasteiger partial charge in [-0.3, -0.25) is 44.1 Å². The molecule has 8 rings (SSSR count). The van der Waals surface area contributed by atoms with Crippen molar-refractivity contribution >= 4 is 61.6 Å². The summed E-state index contributed by atoms with van der Waals surface area (Å²) < 4.78 is 191. The number of phosphoric acid groups is 1. The van der Waals surface area contributed by atoms with Crippen LogP contribution in [-0.2, 0) is 77.1 Å². The van der Waals surface area contributed by atoms with Gasteiger partial charge in [0.25, 0.3) is 5.91 Å². The van der Waals surface area contributed by atoms with E-state index in [1.165, 1.54) is 63.5 Å². The summed E-state index contributed by atoms with van der Waals surface area (Å²) in [6.07, 6.45) is -14.8. The number of carbonyl (C=O) groups is 8. The summed E-state index contributed by atoms with van der Waals surface area (Å²) in [6, 6.07) is 1.40. The van der Waals surface area contributed by atoms with E-state index in [9.17, 15) is 62.1 Å². The number of aryl methyl sites for hydroxylation is 1. The number of piperazine rings is 1. The molecular formula is C71H83F10N12O18P. The summed E-state index contributed by atoms with van der Waals surface area (Å²) in [7, 11) is -4.21. The van der Waals surface area contributed by atoms with Crippen molar-refractivity contribution in [2.75, 3.05) is 52.0 Å². The number of nitrogens with zero attached hydrogens (tertiary/aromatic N) is 7. The van der Waals surface area contributed by atoms with Gasteiger partial charge in [0.05, 0.1) is 81.0 Å². The lowest BCUT2D eigenvalue weighted by Crippen LogP contribution is -2.64. The Labute approximate surface area is 634 Å². The van der Waals surface area contributed by atoms with Crippen LogP contribution in [0, 0.1) is 41.2 Å². The van der Waals surface area contributed by atoms with Crippen molar-refractivity contribution in [3.8, 4) is 28.8 Å². The van der Waals surface area contributed by atoms with Crippen LogP contribution in [0.4, 0.5) is 59.4 Å². The number of alkyl halides is 8. The van der Waals surface area contributed by atoms with E-state index in [0.29, 0.717) is 108 Å². The zero-order valence-corrected chi connectivity index (χ0v) is 62.6. The maximum Gasteiger partial charge on any atom is 0.524 e. The van der Waals surface area contributed by atoms with Crippen molar-refractivity contribution in [2.24, 2.45) is 10.8 Å². The number of ether oxygens (including phenoxy) is 4. The number of carbonyl (C=O) groups excluding carboxylic acids is 6. The number of benzene rings is 3. The van der Waals surface area contributed by atoms with Crippen LogP contribution >= 0.6 is 7.82 Å². The summed E-state index contributed by atoms with van der Waals surface area (Å²) >= 11 is 0. The predicted octanol–water partition coefficient (Wildman–Crippen LogP) is 7.69. The Bertz CT molecular complexity index is 4360. The molecule has 9 N–H and O–H groups in total. The third kappa shape index (κ3) is 22.1. The Balaban J connectivity index is 1.27. The van der Waals surface area contributed by atoms with E-state index >= 15 is 44.7 Å².